The Kier molecular flexibility index (Phi) is 6.36. The van der Waals surface area contributed by atoms with E-state index in [2.05, 4.69) is 9.80 Å². The van der Waals surface area contributed by atoms with E-state index in [1.54, 1.807) is 30.3 Å². The Labute approximate surface area is 231 Å². The molecule has 8 heteroatoms. The van der Waals surface area contributed by atoms with Crippen LogP contribution in [-0.4, -0.2) is 71.3 Å². The standard InChI is InChI=1S/C31H39FN4O2S/c1-34-30-18-27(28(32)19-29(30)33-31(34)21-6-10-26(11-7-21)39(2,37)38)20-12-14-35(15-13-20)25-16-23-8-9-24(17-25)36(23)22-4-3-5-22/h6-7,10-11,18-20,22-25H,3-5,8-9,12-17H2,1-2H3. The smallest absolute Gasteiger partial charge is 0.175 e. The number of aryl methyl sites for hydroxylation is 1. The summed E-state index contributed by atoms with van der Waals surface area (Å²) in [5.74, 6) is 0.772. The SMILES string of the molecule is Cn1c(-c2ccc(S(C)(=O)=O)cc2)nc2cc(F)c(C3CCN(C4CC5CCC(C4)N5C4CCC4)CC3)cc21. The van der Waals surface area contributed by atoms with Crippen LogP contribution in [0.25, 0.3) is 22.4 Å². The van der Waals surface area contributed by atoms with Gasteiger partial charge in [-0.05, 0) is 106 Å². The molecule has 2 atom stereocenters. The summed E-state index contributed by atoms with van der Waals surface area (Å²) in [7, 11) is -1.31. The fourth-order valence-electron chi connectivity index (χ4n) is 7.99. The first-order valence-corrected chi connectivity index (χ1v) is 16.6. The molecule has 0 amide bonds. The Hall–Kier alpha value is -2.29. The first-order chi connectivity index (χ1) is 18.8. The van der Waals surface area contributed by atoms with Gasteiger partial charge >= 0.3 is 0 Å². The number of imidazole rings is 1. The zero-order valence-corrected chi connectivity index (χ0v) is 23.8. The maximum absolute atomic E-state index is 15.4. The van der Waals surface area contributed by atoms with Crippen LogP contribution in [-0.2, 0) is 16.9 Å². The molecule has 7 rings (SSSR count). The predicted octanol–water partition coefficient (Wildman–Crippen LogP) is 5.51. The van der Waals surface area contributed by atoms with Gasteiger partial charge in [0.1, 0.15) is 11.6 Å². The highest BCUT2D eigenvalue weighted by molar-refractivity contribution is 7.90. The number of sulfone groups is 1. The van der Waals surface area contributed by atoms with Crippen LogP contribution >= 0.6 is 0 Å². The van der Waals surface area contributed by atoms with E-state index in [1.165, 1.54) is 51.2 Å². The summed E-state index contributed by atoms with van der Waals surface area (Å²) in [6.45, 7) is 2.11. The zero-order valence-electron chi connectivity index (χ0n) is 23.0. The highest BCUT2D eigenvalue weighted by Gasteiger charge is 2.46. The Morgan fingerprint density at radius 2 is 1.54 bits per heavy atom. The molecule has 2 unspecified atom stereocenters. The Balaban J connectivity index is 1.06. The lowest BCUT2D eigenvalue weighted by Crippen LogP contribution is -2.56. The number of benzene rings is 2. The van der Waals surface area contributed by atoms with Crippen molar-refractivity contribution in [3.8, 4) is 11.4 Å². The van der Waals surface area contributed by atoms with E-state index in [9.17, 15) is 8.42 Å². The van der Waals surface area contributed by atoms with Crippen molar-refractivity contribution in [2.45, 2.75) is 92.8 Å². The zero-order chi connectivity index (χ0) is 26.9. The molecule has 1 saturated carbocycles. The number of rotatable bonds is 5. The third-order valence-electron chi connectivity index (χ3n) is 10.3. The van der Waals surface area contributed by atoms with E-state index in [0.29, 0.717) is 17.4 Å². The molecular formula is C31H39FN4O2S. The van der Waals surface area contributed by atoms with Gasteiger partial charge < -0.3 is 9.47 Å². The Morgan fingerprint density at radius 3 is 2.13 bits per heavy atom. The lowest BCUT2D eigenvalue weighted by molar-refractivity contribution is -0.000886. The molecular weight excluding hydrogens is 511 g/mol. The minimum Gasteiger partial charge on any atom is -0.327 e. The van der Waals surface area contributed by atoms with Crippen molar-refractivity contribution in [1.82, 2.24) is 19.4 Å². The van der Waals surface area contributed by atoms with Gasteiger partial charge in [-0.15, -0.1) is 0 Å². The van der Waals surface area contributed by atoms with Gasteiger partial charge in [-0.3, -0.25) is 4.90 Å². The van der Waals surface area contributed by atoms with Crippen LogP contribution in [0.1, 0.15) is 69.3 Å². The van der Waals surface area contributed by atoms with Crippen LogP contribution < -0.4 is 0 Å². The highest BCUT2D eigenvalue weighted by Crippen LogP contribution is 2.44. The minimum atomic E-state index is -3.26. The molecule has 1 aliphatic carbocycles. The second-order valence-electron chi connectivity index (χ2n) is 12.5. The van der Waals surface area contributed by atoms with Crippen molar-refractivity contribution < 1.29 is 12.8 Å². The van der Waals surface area contributed by atoms with E-state index in [-0.39, 0.29) is 16.6 Å². The number of nitrogens with zero attached hydrogens (tertiary/aromatic N) is 4. The van der Waals surface area contributed by atoms with Crippen molar-refractivity contribution in [3.63, 3.8) is 0 Å². The summed E-state index contributed by atoms with van der Waals surface area (Å²) >= 11 is 0. The molecule has 2 bridgehead atoms. The van der Waals surface area contributed by atoms with Crippen LogP contribution in [0.2, 0.25) is 0 Å². The lowest BCUT2D eigenvalue weighted by Gasteiger charge is -2.50. The number of likely N-dealkylation sites (tertiary alicyclic amines) is 1. The summed E-state index contributed by atoms with van der Waals surface area (Å²) in [4.78, 5) is 10.6. The Morgan fingerprint density at radius 1 is 0.872 bits per heavy atom. The summed E-state index contributed by atoms with van der Waals surface area (Å²) in [6.07, 6.45) is 12.8. The molecule has 3 aliphatic heterocycles. The summed E-state index contributed by atoms with van der Waals surface area (Å²) in [5.41, 5.74) is 3.17. The molecule has 0 N–H and O–H groups in total. The third-order valence-corrected chi connectivity index (χ3v) is 11.4. The van der Waals surface area contributed by atoms with Crippen LogP contribution in [0.4, 0.5) is 4.39 Å². The molecule has 2 aromatic carbocycles. The lowest BCUT2D eigenvalue weighted by atomic mass is 9.84. The fraction of sp³-hybridized carbons (Fsp3) is 0.581. The van der Waals surface area contributed by atoms with Crippen LogP contribution in [0.5, 0.6) is 0 Å². The normalized spacial score (nSPS) is 27.3. The molecule has 6 nitrogen and oxygen atoms in total. The maximum Gasteiger partial charge on any atom is 0.175 e. The number of halogens is 1. The third kappa shape index (κ3) is 4.52. The van der Waals surface area contributed by atoms with Crippen LogP contribution in [0, 0.1) is 5.82 Å². The van der Waals surface area contributed by atoms with Gasteiger partial charge in [0, 0.05) is 49.1 Å². The molecule has 3 aromatic rings. The van der Waals surface area contributed by atoms with E-state index in [4.69, 9.17) is 4.98 Å². The molecule has 0 spiro atoms. The van der Waals surface area contributed by atoms with Gasteiger partial charge in [0.15, 0.2) is 9.84 Å². The van der Waals surface area contributed by atoms with Crippen molar-refractivity contribution >= 4 is 20.9 Å². The number of hydrogen-bond acceptors (Lipinski definition) is 5. The van der Waals surface area contributed by atoms with E-state index >= 15 is 4.39 Å². The van der Waals surface area contributed by atoms with Crippen LogP contribution in [0.15, 0.2) is 41.3 Å². The van der Waals surface area contributed by atoms with E-state index < -0.39 is 9.84 Å². The fourth-order valence-corrected chi connectivity index (χ4v) is 8.62. The van der Waals surface area contributed by atoms with Gasteiger partial charge in [-0.2, -0.15) is 0 Å². The van der Waals surface area contributed by atoms with Crippen LogP contribution in [0.3, 0.4) is 0 Å². The van der Waals surface area contributed by atoms with Gasteiger partial charge in [0.25, 0.3) is 0 Å². The maximum atomic E-state index is 15.4. The summed E-state index contributed by atoms with van der Waals surface area (Å²) in [6, 6.07) is 13.5. The largest absolute Gasteiger partial charge is 0.327 e. The minimum absolute atomic E-state index is 0.162. The Bertz CT molecular complexity index is 1480. The second-order valence-corrected chi connectivity index (χ2v) is 14.5. The van der Waals surface area contributed by atoms with E-state index in [0.717, 1.165) is 60.7 Å². The van der Waals surface area contributed by atoms with Gasteiger partial charge in [0.05, 0.1) is 15.9 Å². The summed E-state index contributed by atoms with van der Waals surface area (Å²) < 4.78 is 41.1. The van der Waals surface area contributed by atoms with Gasteiger partial charge in [-0.25, -0.2) is 17.8 Å². The molecule has 4 aliphatic rings. The molecule has 39 heavy (non-hydrogen) atoms. The average Bonchev–Trinajstić information content (AvgIpc) is 3.32. The quantitative estimate of drug-likeness (QED) is 0.419. The molecule has 3 saturated heterocycles. The molecule has 208 valence electrons. The average molecular weight is 551 g/mol. The topological polar surface area (TPSA) is 58.4 Å². The van der Waals surface area contributed by atoms with Crippen molar-refractivity contribution in [1.29, 1.82) is 0 Å². The highest BCUT2D eigenvalue weighted by atomic mass is 32.2. The predicted molar refractivity (Wildman–Crippen MR) is 152 cm³/mol. The first kappa shape index (κ1) is 25.7. The van der Waals surface area contributed by atoms with Gasteiger partial charge in [-0.1, -0.05) is 6.42 Å². The number of fused-ring (bicyclic) bond motifs is 3. The summed E-state index contributed by atoms with van der Waals surface area (Å²) in [5, 5.41) is 0. The second kappa shape index (κ2) is 9.67. The number of aromatic nitrogens is 2. The first-order valence-electron chi connectivity index (χ1n) is 14.7. The van der Waals surface area contributed by atoms with Crippen molar-refractivity contribution in [3.05, 3.63) is 47.8 Å². The number of piperidine rings is 2. The molecule has 4 fully saturated rings. The molecule has 1 aromatic heterocycles. The number of hydrogen-bond donors (Lipinski definition) is 0. The van der Waals surface area contributed by atoms with E-state index in [1.807, 2.05) is 17.7 Å². The van der Waals surface area contributed by atoms with Gasteiger partial charge in [0.2, 0.25) is 0 Å². The van der Waals surface area contributed by atoms with Crippen molar-refractivity contribution in [2.75, 3.05) is 19.3 Å². The van der Waals surface area contributed by atoms with Crippen molar-refractivity contribution in [2.24, 2.45) is 7.05 Å². The monoisotopic (exact) mass is 550 g/mol. The molecule has 0 radical (unpaired) electrons. The molecule has 4 heterocycles.